The fourth-order valence-corrected chi connectivity index (χ4v) is 3.46. The van der Waals surface area contributed by atoms with Crippen LogP contribution in [0.25, 0.3) is 0 Å². The highest BCUT2D eigenvalue weighted by Crippen LogP contribution is 2.29. The van der Waals surface area contributed by atoms with Gasteiger partial charge in [0.1, 0.15) is 11.4 Å². The van der Waals surface area contributed by atoms with E-state index in [1.807, 2.05) is 0 Å². The number of alkyl halides is 3. The van der Waals surface area contributed by atoms with Crippen molar-refractivity contribution in [2.24, 2.45) is 5.92 Å². The van der Waals surface area contributed by atoms with Crippen molar-refractivity contribution in [1.29, 1.82) is 0 Å². The van der Waals surface area contributed by atoms with Crippen LogP contribution in [0.3, 0.4) is 0 Å². The number of aliphatic hydroxyl groups excluding tert-OH is 1. The van der Waals surface area contributed by atoms with Crippen molar-refractivity contribution >= 4 is 12.1 Å². The zero-order valence-corrected chi connectivity index (χ0v) is 19.6. The molecule has 0 saturated heterocycles. The van der Waals surface area contributed by atoms with Gasteiger partial charge in [0.05, 0.1) is 23.6 Å². The van der Waals surface area contributed by atoms with E-state index in [1.165, 1.54) is 36.4 Å². The van der Waals surface area contributed by atoms with Gasteiger partial charge in [-0.3, -0.25) is 4.79 Å². The molecule has 6 nitrogen and oxygen atoms in total. The van der Waals surface area contributed by atoms with Gasteiger partial charge in [0.25, 0.3) is 0 Å². The Kier molecular flexibility index (Phi) is 9.25. The average molecular weight is 500 g/mol. The van der Waals surface area contributed by atoms with Crippen LogP contribution >= 0.6 is 0 Å². The Morgan fingerprint density at radius 2 is 1.46 bits per heavy atom. The summed E-state index contributed by atoms with van der Waals surface area (Å²) in [7, 11) is 0. The van der Waals surface area contributed by atoms with Crippen LogP contribution in [-0.2, 0) is 28.5 Å². The SMILES string of the molecule is CC(C)(C)OC(=O)N[C@@H](Cc1ccc(C(F)(F)F)cc1)[C@@H](O)C[C@@H](Cc1ccc(F)cc1)C(=O)O. The molecule has 0 aromatic heterocycles. The lowest BCUT2D eigenvalue weighted by molar-refractivity contribution is -0.143. The molecule has 0 heterocycles. The van der Waals surface area contributed by atoms with Crippen molar-refractivity contribution in [2.45, 2.75) is 64.0 Å². The monoisotopic (exact) mass is 499 g/mol. The van der Waals surface area contributed by atoms with Gasteiger partial charge in [-0.15, -0.1) is 0 Å². The minimum absolute atomic E-state index is 0.00606. The van der Waals surface area contributed by atoms with E-state index in [0.717, 1.165) is 12.1 Å². The van der Waals surface area contributed by atoms with Gasteiger partial charge in [-0.1, -0.05) is 24.3 Å². The van der Waals surface area contributed by atoms with Crippen LogP contribution < -0.4 is 5.32 Å². The molecule has 35 heavy (non-hydrogen) atoms. The van der Waals surface area contributed by atoms with Crippen molar-refractivity contribution in [3.8, 4) is 0 Å². The first kappa shape index (κ1) is 28.1. The Bertz CT molecular complexity index is 985. The number of nitrogens with one attached hydrogen (secondary N) is 1. The second kappa shape index (κ2) is 11.5. The summed E-state index contributed by atoms with van der Waals surface area (Å²) in [5.41, 5.74) is -0.752. The van der Waals surface area contributed by atoms with Crippen molar-refractivity contribution in [3.05, 3.63) is 71.0 Å². The molecule has 0 saturated carbocycles. The molecular formula is C25H29F4NO5. The second-order valence-corrected chi connectivity index (χ2v) is 9.32. The Morgan fingerprint density at radius 1 is 0.943 bits per heavy atom. The standard InChI is InChI=1S/C25H29F4NO5/c1-24(2,3)35-23(34)30-20(13-16-4-8-18(9-5-16)25(27,28)29)21(31)14-17(22(32)33)12-15-6-10-19(26)11-7-15/h4-11,17,20-21,31H,12-14H2,1-3H3,(H,30,34)(H,32,33)/t17-,20+,21+/m1/s1. The van der Waals surface area contributed by atoms with Gasteiger partial charge in [-0.25, -0.2) is 9.18 Å². The van der Waals surface area contributed by atoms with Crippen LogP contribution in [0, 0.1) is 11.7 Å². The predicted molar refractivity (Wildman–Crippen MR) is 120 cm³/mol. The van der Waals surface area contributed by atoms with Crippen LogP contribution in [0.5, 0.6) is 0 Å². The van der Waals surface area contributed by atoms with Crippen LogP contribution in [0.1, 0.15) is 43.9 Å². The summed E-state index contributed by atoms with van der Waals surface area (Å²) >= 11 is 0. The maximum atomic E-state index is 13.2. The van der Waals surface area contributed by atoms with Crippen molar-refractivity contribution in [2.75, 3.05) is 0 Å². The number of hydrogen-bond donors (Lipinski definition) is 3. The molecule has 0 aliphatic carbocycles. The number of carboxylic acid groups (broad SMARTS) is 1. The number of carbonyl (C=O) groups excluding carboxylic acids is 1. The quantitative estimate of drug-likeness (QED) is 0.423. The molecule has 3 N–H and O–H groups in total. The number of aliphatic carboxylic acids is 1. The first-order valence-electron chi connectivity index (χ1n) is 10.9. The Labute approximate surface area is 200 Å². The lowest BCUT2D eigenvalue weighted by atomic mass is 9.89. The van der Waals surface area contributed by atoms with Crippen LogP contribution in [0.4, 0.5) is 22.4 Å². The number of carboxylic acids is 1. The zero-order chi connectivity index (χ0) is 26.4. The highest BCUT2D eigenvalue weighted by atomic mass is 19.4. The first-order valence-corrected chi connectivity index (χ1v) is 10.9. The number of benzene rings is 2. The molecular weight excluding hydrogens is 470 g/mol. The Hall–Kier alpha value is -3.14. The molecule has 0 unspecified atom stereocenters. The van der Waals surface area contributed by atoms with Crippen molar-refractivity contribution in [3.63, 3.8) is 0 Å². The fourth-order valence-electron chi connectivity index (χ4n) is 3.46. The number of amides is 1. The molecule has 1 amide bonds. The molecule has 192 valence electrons. The van der Waals surface area contributed by atoms with E-state index in [-0.39, 0.29) is 19.3 Å². The van der Waals surface area contributed by atoms with Crippen molar-refractivity contribution < 1.29 is 42.1 Å². The van der Waals surface area contributed by atoms with E-state index >= 15 is 0 Å². The van der Waals surface area contributed by atoms with Gasteiger partial charge in [-0.2, -0.15) is 13.2 Å². The molecule has 0 aliphatic rings. The van der Waals surface area contributed by atoms with Gasteiger partial charge >= 0.3 is 18.2 Å². The molecule has 10 heteroatoms. The molecule has 0 radical (unpaired) electrons. The maximum absolute atomic E-state index is 13.2. The molecule has 0 bridgehead atoms. The molecule has 0 aliphatic heterocycles. The van der Waals surface area contributed by atoms with Crippen LogP contribution in [0.2, 0.25) is 0 Å². The summed E-state index contributed by atoms with van der Waals surface area (Å²) < 4.78 is 57.0. The van der Waals surface area contributed by atoms with Gasteiger partial charge < -0.3 is 20.3 Å². The van der Waals surface area contributed by atoms with Crippen LogP contribution in [-0.4, -0.2) is 40.0 Å². The molecule has 2 aromatic carbocycles. The summed E-state index contributed by atoms with van der Waals surface area (Å²) in [6.07, 6.45) is -7.08. The van der Waals surface area contributed by atoms with Crippen molar-refractivity contribution in [1.82, 2.24) is 5.32 Å². The maximum Gasteiger partial charge on any atom is 0.416 e. The smallest absolute Gasteiger partial charge is 0.416 e. The highest BCUT2D eigenvalue weighted by Gasteiger charge is 2.32. The number of rotatable bonds is 9. The highest BCUT2D eigenvalue weighted by molar-refractivity contribution is 5.70. The topological polar surface area (TPSA) is 95.9 Å². The number of ether oxygens (including phenoxy) is 1. The summed E-state index contributed by atoms with van der Waals surface area (Å²) in [5, 5.41) is 23.0. The minimum atomic E-state index is -4.51. The summed E-state index contributed by atoms with van der Waals surface area (Å²) in [6, 6.07) is 8.47. The van der Waals surface area contributed by atoms with Crippen LogP contribution in [0.15, 0.2) is 48.5 Å². The summed E-state index contributed by atoms with van der Waals surface area (Å²) in [6.45, 7) is 4.91. The van der Waals surface area contributed by atoms with Gasteiger partial charge in [0.15, 0.2) is 0 Å². The van der Waals surface area contributed by atoms with E-state index in [0.29, 0.717) is 11.1 Å². The van der Waals surface area contributed by atoms with E-state index in [9.17, 15) is 37.4 Å². The number of hydrogen-bond acceptors (Lipinski definition) is 4. The number of aliphatic hydroxyl groups is 1. The molecule has 3 atom stereocenters. The van der Waals surface area contributed by atoms with E-state index in [4.69, 9.17) is 4.74 Å². The lowest BCUT2D eigenvalue weighted by Gasteiger charge is -2.28. The van der Waals surface area contributed by atoms with Gasteiger partial charge in [0.2, 0.25) is 0 Å². The Morgan fingerprint density at radius 3 is 1.94 bits per heavy atom. The second-order valence-electron chi connectivity index (χ2n) is 9.32. The summed E-state index contributed by atoms with van der Waals surface area (Å²) in [4.78, 5) is 24.2. The zero-order valence-electron chi connectivity index (χ0n) is 19.6. The average Bonchev–Trinajstić information content (AvgIpc) is 2.72. The van der Waals surface area contributed by atoms with Gasteiger partial charge in [-0.05, 0) is 75.4 Å². The largest absolute Gasteiger partial charge is 0.481 e. The molecule has 0 fully saturated rings. The number of alkyl carbamates (subject to hydrolysis) is 1. The first-order chi connectivity index (χ1) is 16.1. The number of carbonyl (C=O) groups is 2. The molecule has 2 aromatic rings. The molecule has 0 spiro atoms. The fraction of sp³-hybridized carbons (Fsp3) is 0.440. The third-order valence-electron chi connectivity index (χ3n) is 5.17. The van der Waals surface area contributed by atoms with E-state index < -0.39 is 53.3 Å². The third kappa shape index (κ3) is 9.56. The number of halogens is 4. The van der Waals surface area contributed by atoms with E-state index in [2.05, 4.69) is 5.32 Å². The molecule has 2 rings (SSSR count). The Balaban J connectivity index is 2.21. The predicted octanol–water partition coefficient (Wildman–Crippen LogP) is 4.97. The normalized spacial score (nSPS) is 14.6. The minimum Gasteiger partial charge on any atom is -0.481 e. The third-order valence-corrected chi connectivity index (χ3v) is 5.17. The van der Waals surface area contributed by atoms with E-state index in [1.54, 1.807) is 20.8 Å². The lowest BCUT2D eigenvalue weighted by Crippen LogP contribution is -2.47. The summed E-state index contributed by atoms with van der Waals surface area (Å²) in [5.74, 6) is -2.73. The van der Waals surface area contributed by atoms with Gasteiger partial charge in [0, 0.05) is 0 Å².